The summed E-state index contributed by atoms with van der Waals surface area (Å²) < 4.78 is 3.99. The Balaban J connectivity index is 2.25. The van der Waals surface area contributed by atoms with Crippen molar-refractivity contribution in [2.75, 3.05) is 0 Å². The minimum Gasteiger partial charge on any atom is -0.328 e. The van der Waals surface area contributed by atoms with Crippen molar-refractivity contribution in [1.29, 1.82) is 0 Å². The van der Waals surface area contributed by atoms with Gasteiger partial charge in [0.15, 0.2) is 0 Å². The Morgan fingerprint density at radius 3 is 2.73 bits per heavy atom. The van der Waals surface area contributed by atoms with Crippen LogP contribution in [-0.2, 0) is 6.54 Å². The summed E-state index contributed by atoms with van der Waals surface area (Å²) in [6, 6.07) is 0.339. The van der Waals surface area contributed by atoms with Crippen LogP contribution in [0.3, 0.4) is 0 Å². The molecule has 15 heavy (non-hydrogen) atoms. The quantitative estimate of drug-likeness (QED) is 0.761. The van der Waals surface area contributed by atoms with Crippen LogP contribution < -0.4 is 0 Å². The zero-order chi connectivity index (χ0) is 10.8. The fourth-order valence-electron chi connectivity index (χ4n) is 1.54. The molecule has 80 valence electrons. The van der Waals surface area contributed by atoms with E-state index < -0.39 is 0 Å². The number of hydrogen-bond donors (Lipinski definition) is 0. The van der Waals surface area contributed by atoms with Gasteiger partial charge in [-0.2, -0.15) is 5.10 Å². The van der Waals surface area contributed by atoms with E-state index in [2.05, 4.69) is 33.5 Å². The van der Waals surface area contributed by atoms with E-state index in [0.717, 1.165) is 18.2 Å². The molecule has 0 aliphatic heterocycles. The van der Waals surface area contributed by atoms with Crippen LogP contribution in [0.2, 0.25) is 0 Å². The van der Waals surface area contributed by atoms with Gasteiger partial charge in [0.1, 0.15) is 18.0 Å². The van der Waals surface area contributed by atoms with Gasteiger partial charge in [-0.05, 0) is 20.8 Å². The Bertz CT molecular complexity index is 440. The van der Waals surface area contributed by atoms with Gasteiger partial charge in [0, 0.05) is 18.4 Å². The van der Waals surface area contributed by atoms with Crippen LogP contribution in [0.5, 0.6) is 0 Å². The third-order valence-electron chi connectivity index (χ3n) is 2.37. The Morgan fingerprint density at radius 1 is 1.33 bits per heavy atom. The minimum atomic E-state index is 0.339. The summed E-state index contributed by atoms with van der Waals surface area (Å²) in [7, 11) is 0. The first-order chi connectivity index (χ1) is 7.18. The standard InChI is InChI=1S/C10H15N5/c1-8(2)15-10(12-7-13-15)6-14-5-4-11-9(14)3/h4-5,7-8H,6H2,1-3H3. The molecule has 0 saturated heterocycles. The Hall–Kier alpha value is -1.65. The molecule has 2 aromatic rings. The number of imidazole rings is 1. The van der Waals surface area contributed by atoms with Gasteiger partial charge < -0.3 is 4.57 Å². The summed E-state index contributed by atoms with van der Waals surface area (Å²) >= 11 is 0. The maximum absolute atomic E-state index is 4.26. The second-order valence-corrected chi connectivity index (χ2v) is 3.82. The molecule has 2 heterocycles. The van der Waals surface area contributed by atoms with Crippen molar-refractivity contribution in [3.8, 4) is 0 Å². The lowest BCUT2D eigenvalue weighted by Crippen LogP contribution is -2.12. The highest BCUT2D eigenvalue weighted by Crippen LogP contribution is 2.07. The molecule has 0 atom stereocenters. The van der Waals surface area contributed by atoms with Crippen LogP contribution >= 0.6 is 0 Å². The van der Waals surface area contributed by atoms with E-state index in [0.29, 0.717) is 6.04 Å². The molecule has 0 bridgehead atoms. The van der Waals surface area contributed by atoms with Gasteiger partial charge in [-0.1, -0.05) is 0 Å². The number of aromatic nitrogens is 5. The Labute approximate surface area is 88.8 Å². The van der Waals surface area contributed by atoms with E-state index in [4.69, 9.17) is 0 Å². The number of nitrogens with zero attached hydrogens (tertiary/aromatic N) is 5. The largest absolute Gasteiger partial charge is 0.328 e. The summed E-state index contributed by atoms with van der Waals surface area (Å²) in [6.07, 6.45) is 5.35. The fourth-order valence-corrected chi connectivity index (χ4v) is 1.54. The van der Waals surface area contributed by atoms with Crippen LogP contribution in [-0.4, -0.2) is 24.3 Å². The molecule has 0 radical (unpaired) electrons. The summed E-state index contributed by atoms with van der Waals surface area (Å²) in [6.45, 7) is 6.90. The maximum atomic E-state index is 4.26. The van der Waals surface area contributed by atoms with Gasteiger partial charge in [-0.25, -0.2) is 14.6 Å². The zero-order valence-corrected chi connectivity index (χ0v) is 9.25. The predicted octanol–water partition coefficient (Wildman–Crippen LogP) is 1.41. The van der Waals surface area contributed by atoms with Crippen LogP contribution in [0, 0.1) is 6.92 Å². The van der Waals surface area contributed by atoms with Gasteiger partial charge in [0.2, 0.25) is 0 Å². The molecule has 0 N–H and O–H groups in total. The number of aryl methyl sites for hydroxylation is 1. The topological polar surface area (TPSA) is 48.5 Å². The van der Waals surface area contributed by atoms with Gasteiger partial charge in [-0.3, -0.25) is 0 Å². The van der Waals surface area contributed by atoms with Crippen LogP contribution in [0.15, 0.2) is 18.7 Å². The molecular weight excluding hydrogens is 190 g/mol. The molecule has 0 unspecified atom stereocenters. The normalized spacial score (nSPS) is 11.2. The molecule has 2 aromatic heterocycles. The zero-order valence-electron chi connectivity index (χ0n) is 9.25. The first-order valence-corrected chi connectivity index (χ1v) is 5.04. The van der Waals surface area contributed by atoms with Gasteiger partial charge in [0.05, 0.1) is 6.54 Å². The molecule has 0 aromatic carbocycles. The van der Waals surface area contributed by atoms with E-state index in [9.17, 15) is 0 Å². The SMILES string of the molecule is Cc1nccn1Cc1ncnn1C(C)C. The summed E-state index contributed by atoms with van der Waals surface area (Å²) in [5.74, 6) is 1.96. The minimum absolute atomic E-state index is 0.339. The first kappa shape index (κ1) is 9.89. The lowest BCUT2D eigenvalue weighted by molar-refractivity contribution is 0.494. The van der Waals surface area contributed by atoms with E-state index in [1.54, 1.807) is 12.5 Å². The number of hydrogen-bond acceptors (Lipinski definition) is 3. The van der Waals surface area contributed by atoms with E-state index in [-0.39, 0.29) is 0 Å². The molecule has 5 heteroatoms. The highest BCUT2D eigenvalue weighted by Gasteiger charge is 2.08. The van der Waals surface area contributed by atoms with Crippen molar-refractivity contribution in [2.45, 2.75) is 33.4 Å². The molecular formula is C10H15N5. The number of rotatable bonds is 3. The van der Waals surface area contributed by atoms with Crippen LogP contribution in [0.4, 0.5) is 0 Å². The maximum Gasteiger partial charge on any atom is 0.147 e. The highest BCUT2D eigenvalue weighted by atomic mass is 15.4. The average Bonchev–Trinajstić information content (AvgIpc) is 2.77. The van der Waals surface area contributed by atoms with Crippen LogP contribution in [0.25, 0.3) is 0 Å². The summed E-state index contributed by atoms with van der Waals surface area (Å²) in [4.78, 5) is 8.43. The van der Waals surface area contributed by atoms with Crippen molar-refractivity contribution in [3.63, 3.8) is 0 Å². The van der Waals surface area contributed by atoms with Crippen molar-refractivity contribution in [2.24, 2.45) is 0 Å². The van der Waals surface area contributed by atoms with Crippen LogP contribution in [0.1, 0.15) is 31.5 Å². The molecule has 0 aliphatic rings. The van der Waals surface area contributed by atoms with Gasteiger partial charge in [-0.15, -0.1) is 0 Å². The molecule has 0 spiro atoms. The second kappa shape index (κ2) is 3.84. The fraction of sp³-hybridized carbons (Fsp3) is 0.500. The van der Waals surface area contributed by atoms with Crippen molar-refractivity contribution in [3.05, 3.63) is 30.4 Å². The predicted molar refractivity (Wildman–Crippen MR) is 56.5 cm³/mol. The molecule has 0 fully saturated rings. The average molecular weight is 205 g/mol. The summed E-state index contributed by atoms with van der Waals surface area (Å²) in [5, 5.41) is 4.20. The smallest absolute Gasteiger partial charge is 0.147 e. The third-order valence-corrected chi connectivity index (χ3v) is 2.37. The molecule has 0 aliphatic carbocycles. The first-order valence-electron chi connectivity index (χ1n) is 5.04. The molecule has 5 nitrogen and oxygen atoms in total. The van der Waals surface area contributed by atoms with Crippen molar-refractivity contribution < 1.29 is 0 Å². The van der Waals surface area contributed by atoms with E-state index in [1.807, 2.05) is 17.8 Å². The Morgan fingerprint density at radius 2 is 2.13 bits per heavy atom. The molecule has 2 rings (SSSR count). The molecule has 0 saturated carbocycles. The van der Waals surface area contributed by atoms with E-state index in [1.165, 1.54) is 0 Å². The molecule has 0 amide bonds. The van der Waals surface area contributed by atoms with E-state index >= 15 is 0 Å². The lowest BCUT2D eigenvalue weighted by Gasteiger charge is -2.10. The highest BCUT2D eigenvalue weighted by molar-refractivity contribution is 4.95. The third kappa shape index (κ3) is 1.91. The van der Waals surface area contributed by atoms with Gasteiger partial charge >= 0.3 is 0 Å². The Kier molecular flexibility index (Phi) is 2.53. The lowest BCUT2D eigenvalue weighted by atomic mass is 10.4. The van der Waals surface area contributed by atoms with Crippen molar-refractivity contribution in [1.82, 2.24) is 24.3 Å². The monoisotopic (exact) mass is 205 g/mol. The second-order valence-electron chi connectivity index (χ2n) is 3.82. The van der Waals surface area contributed by atoms with Gasteiger partial charge in [0.25, 0.3) is 0 Å². The van der Waals surface area contributed by atoms with Crippen molar-refractivity contribution >= 4 is 0 Å². The summed E-state index contributed by atoms with van der Waals surface area (Å²) in [5.41, 5.74) is 0.